The summed E-state index contributed by atoms with van der Waals surface area (Å²) in [5.41, 5.74) is 6.87. The Bertz CT molecular complexity index is 413. The number of anilines is 1. The van der Waals surface area contributed by atoms with Gasteiger partial charge in [0.25, 0.3) is 0 Å². The van der Waals surface area contributed by atoms with Gasteiger partial charge < -0.3 is 10.5 Å². The molecule has 0 radical (unpaired) electrons. The first kappa shape index (κ1) is 14.1. The lowest BCUT2D eigenvalue weighted by molar-refractivity contribution is -0.140. The number of rotatable bonds is 5. The van der Waals surface area contributed by atoms with Crippen LogP contribution in [0.15, 0.2) is 11.0 Å². The molecule has 0 saturated heterocycles. The highest BCUT2D eigenvalue weighted by atomic mass is 35.5. The third-order valence-electron chi connectivity index (χ3n) is 2.21. The predicted octanol–water partition coefficient (Wildman–Crippen LogP) is 2.53. The van der Waals surface area contributed by atoms with Crippen molar-refractivity contribution in [3.8, 4) is 0 Å². The van der Waals surface area contributed by atoms with Gasteiger partial charge in [0.15, 0.2) is 0 Å². The van der Waals surface area contributed by atoms with E-state index in [1.165, 1.54) is 18.9 Å². The van der Waals surface area contributed by atoms with Gasteiger partial charge in [0.2, 0.25) is 0 Å². The second kappa shape index (κ2) is 6.71. The van der Waals surface area contributed by atoms with E-state index in [2.05, 4.69) is 9.72 Å². The van der Waals surface area contributed by atoms with E-state index in [4.69, 9.17) is 17.3 Å². The fraction of sp³-hybridized carbons (Fsp3) is 0.455. The number of methoxy groups -OCH3 is 1. The molecular weight excluding hydrogens is 260 g/mol. The van der Waals surface area contributed by atoms with Crippen molar-refractivity contribution in [1.82, 2.24) is 4.98 Å². The summed E-state index contributed by atoms with van der Waals surface area (Å²) in [6.07, 6.45) is 1.18. The first-order chi connectivity index (χ1) is 8.08. The molecule has 0 fully saturated rings. The van der Waals surface area contributed by atoms with Crippen molar-refractivity contribution < 1.29 is 9.53 Å². The number of carbonyl (C=O) groups excluding carboxylic acids is 1. The number of hydrogen-bond acceptors (Lipinski definition) is 5. The molecule has 4 nitrogen and oxygen atoms in total. The Labute approximate surface area is 110 Å². The number of nitrogen functional groups attached to an aromatic ring is 1. The molecule has 0 aliphatic carbocycles. The quantitative estimate of drug-likeness (QED) is 0.508. The highest BCUT2D eigenvalue weighted by Crippen LogP contribution is 2.30. The second-order valence-electron chi connectivity index (χ2n) is 3.35. The number of pyridine rings is 1. The van der Waals surface area contributed by atoms with Crippen molar-refractivity contribution in [2.24, 2.45) is 0 Å². The SMILES string of the molecule is CCc1cc(Cl)nc(N)c1SCCC(=O)OC. The van der Waals surface area contributed by atoms with E-state index in [0.29, 0.717) is 23.1 Å². The number of ether oxygens (including phenoxy) is 1. The van der Waals surface area contributed by atoms with Crippen LogP contribution in [-0.4, -0.2) is 23.8 Å². The summed E-state index contributed by atoms with van der Waals surface area (Å²) in [5.74, 6) is 0.813. The second-order valence-corrected chi connectivity index (χ2v) is 4.84. The summed E-state index contributed by atoms with van der Waals surface area (Å²) in [5, 5.41) is 0.400. The molecular formula is C11H15ClN2O2S. The minimum absolute atomic E-state index is 0.226. The number of hydrogen-bond donors (Lipinski definition) is 1. The fourth-order valence-electron chi connectivity index (χ4n) is 1.34. The highest BCUT2D eigenvalue weighted by Gasteiger charge is 2.10. The Morgan fingerprint density at radius 1 is 1.65 bits per heavy atom. The van der Waals surface area contributed by atoms with Crippen molar-refractivity contribution in [1.29, 1.82) is 0 Å². The Kier molecular flexibility index (Phi) is 5.58. The lowest BCUT2D eigenvalue weighted by Crippen LogP contribution is -2.03. The number of aromatic nitrogens is 1. The van der Waals surface area contributed by atoms with E-state index in [1.807, 2.05) is 6.92 Å². The molecule has 0 amide bonds. The molecule has 0 atom stereocenters. The monoisotopic (exact) mass is 274 g/mol. The van der Waals surface area contributed by atoms with E-state index < -0.39 is 0 Å². The molecule has 0 spiro atoms. The number of nitrogens with two attached hydrogens (primary N) is 1. The summed E-state index contributed by atoms with van der Waals surface area (Å²) in [7, 11) is 1.38. The van der Waals surface area contributed by atoms with Crippen LogP contribution < -0.4 is 5.73 Å². The molecule has 0 unspecified atom stereocenters. The average molecular weight is 275 g/mol. The number of nitrogens with zero attached hydrogens (tertiary/aromatic N) is 1. The molecule has 1 heterocycles. The maximum absolute atomic E-state index is 11.0. The Morgan fingerprint density at radius 3 is 2.94 bits per heavy atom. The maximum Gasteiger partial charge on any atom is 0.306 e. The van der Waals surface area contributed by atoms with Crippen LogP contribution in [-0.2, 0) is 16.0 Å². The lowest BCUT2D eigenvalue weighted by atomic mass is 10.2. The van der Waals surface area contributed by atoms with Crippen molar-refractivity contribution in [2.75, 3.05) is 18.6 Å². The summed E-state index contributed by atoms with van der Waals surface area (Å²) in [6, 6.07) is 1.80. The van der Waals surface area contributed by atoms with Crippen LogP contribution in [0.25, 0.3) is 0 Å². The first-order valence-corrected chi connectivity index (χ1v) is 6.59. The molecule has 17 heavy (non-hydrogen) atoms. The molecule has 0 saturated carbocycles. The first-order valence-electron chi connectivity index (χ1n) is 5.23. The number of halogens is 1. The largest absolute Gasteiger partial charge is 0.469 e. The fourth-order valence-corrected chi connectivity index (χ4v) is 2.62. The van der Waals surface area contributed by atoms with Crippen LogP contribution in [0.5, 0.6) is 0 Å². The van der Waals surface area contributed by atoms with Gasteiger partial charge in [-0.05, 0) is 18.1 Å². The van der Waals surface area contributed by atoms with Crippen LogP contribution in [0.3, 0.4) is 0 Å². The van der Waals surface area contributed by atoms with Crippen LogP contribution in [0.4, 0.5) is 5.82 Å². The van der Waals surface area contributed by atoms with Crippen LogP contribution in [0.1, 0.15) is 18.9 Å². The minimum Gasteiger partial charge on any atom is -0.469 e. The third-order valence-corrected chi connectivity index (χ3v) is 3.57. The molecule has 0 aromatic carbocycles. The smallest absolute Gasteiger partial charge is 0.306 e. The number of carbonyl (C=O) groups is 1. The lowest BCUT2D eigenvalue weighted by Gasteiger charge is -2.10. The third kappa shape index (κ3) is 4.09. The molecule has 94 valence electrons. The van der Waals surface area contributed by atoms with Gasteiger partial charge in [-0.2, -0.15) is 0 Å². The number of thioether (sulfide) groups is 1. The molecule has 2 N–H and O–H groups in total. The van der Waals surface area contributed by atoms with E-state index in [0.717, 1.165) is 16.9 Å². The molecule has 1 rings (SSSR count). The van der Waals surface area contributed by atoms with E-state index in [1.54, 1.807) is 6.07 Å². The normalized spacial score (nSPS) is 10.3. The maximum atomic E-state index is 11.0. The standard InChI is InChI=1S/C11H15ClN2O2S/c1-3-7-6-8(12)14-11(13)10(7)17-5-4-9(15)16-2/h6H,3-5H2,1-2H3,(H2,13,14). The van der Waals surface area contributed by atoms with E-state index in [9.17, 15) is 4.79 Å². The van der Waals surface area contributed by atoms with Crippen LogP contribution >= 0.6 is 23.4 Å². The van der Waals surface area contributed by atoms with Gasteiger partial charge in [0, 0.05) is 5.75 Å². The predicted molar refractivity (Wildman–Crippen MR) is 70.4 cm³/mol. The van der Waals surface area contributed by atoms with Gasteiger partial charge in [0.1, 0.15) is 11.0 Å². The minimum atomic E-state index is -0.226. The van der Waals surface area contributed by atoms with Gasteiger partial charge in [-0.25, -0.2) is 4.98 Å². The highest BCUT2D eigenvalue weighted by molar-refractivity contribution is 7.99. The van der Waals surface area contributed by atoms with Crippen molar-refractivity contribution >= 4 is 35.1 Å². The summed E-state index contributed by atoms with van der Waals surface area (Å²) < 4.78 is 4.57. The Hall–Kier alpha value is -0.940. The van der Waals surface area contributed by atoms with Crippen molar-refractivity contribution in [3.05, 3.63) is 16.8 Å². The summed E-state index contributed by atoms with van der Waals surface area (Å²) >= 11 is 7.34. The number of aryl methyl sites for hydroxylation is 1. The van der Waals surface area contributed by atoms with Crippen molar-refractivity contribution in [3.63, 3.8) is 0 Å². The number of esters is 1. The molecule has 1 aromatic rings. The van der Waals surface area contributed by atoms with Gasteiger partial charge >= 0.3 is 5.97 Å². The molecule has 0 aliphatic rings. The summed E-state index contributed by atoms with van der Waals surface area (Å²) in [6.45, 7) is 2.02. The topological polar surface area (TPSA) is 65.2 Å². The van der Waals surface area contributed by atoms with Crippen molar-refractivity contribution in [2.45, 2.75) is 24.7 Å². The zero-order valence-electron chi connectivity index (χ0n) is 9.83. The molecule has 0 bridgehead atoms. The average Bonchev–Trinajstić information content (AvgIpc) is 2.30. The molecule has 6 heteroatoms. The van der Waals surface area contributed by atoms with Gasteiger partial charge in [0.05, 0.1) is 18.4 Å². The van der Waals surface area contributed by atoms with E-state index in [-0.39, 0.29) is 5.97 Å². The molecule has 0 aliphatic heterocycles. The van der Waals surface area contributed by atoms with Gasteiger partial charge in [-0.1, -0.05) is 18.5 Å². The summed E-state index contributed by atoms with van der Waals surface area (Å²) in [4.78, 5) is 15.9. The zero-order valence-corrected chi connectivity index (χ0v) is 11.4. The van der Waals surface area contributed by atoms with Gasteiger partial charge in [-0.15, -0.1) is 11.8 Å². The molecule has 1 aromatic heterocycles. The van der Waals surface area contributed by atoms with Crippen LogP contribution in [0, 0.1) is 0 Å². The van der Waals surface area contributed by atoms with Crippen LogP contribution in [0.2, 0.25) is 5.15 Å². The zero-order chi connectivity index (χ0) is 12.8. The van der Waals surface area contributed by atoms with E-state index >= 15 is 0 Å². The van der Waals surface area contributed by atoms with Gasteiger partial charge in [-0.3, -0.25) is 4.79 Å². The Morgan fingerprint density at radius 2 is 2.35 bits per heavy atom. The Balaban J connectivity index is 2.73.